The van der Waals surface area contributed by atoms with E-state index in [-0.39, 0.29) is 11.1 Å². The molecule has 4 aromatic rings. The fraction of sp³-hybridized carbons (Fsp3) is 0.231. The summed E-state index contributed by atoms with van der Waals surface area (Å²) in [6.45, 7) is 4.62. The third kappa shape index (κ3) is 4.59. The molecule has 0 radical (unpaired) electrons. The maximum absolute atomic E-state index is 13.1. The Morgan fingerprint density at radius 3 is 2.46 bits per heavy atom. The van der Waals surface area contributed by atoms with Crippen molar-refractivity contribution in [2.75, 3.05) is 10.2 Å². The van der Waals surface area contributed by atoms with Gasteiger partial charge >= 0.3 is 12.1 Å². The topological polar surface area (TPSA) is 109 Å². The number of hydrogen-bond acceptors (Lipinski definition) is 7. The van der Waals surface area contributed by atoms with E-state index in [1.54, 1.807) is 26.0 Å². The first-order chi connectivity index (χ1) is 17.5. The maximum Gasteiger partial charge on any atom is 0.451 e. The normalized spacial score (nSPS) is 14.0. The molecule has 1 atom stereocenters. The minimum absolute atomic E-state index is 0.198. The lowest BCUT2D eigenvalue weighted by atomic mass is 10.0. The van der Waals surface area contributed by atoms with Gasteiger partial charge in [-0.05, 0) is 36.6 Å². The number of aromatic carboxylic acids is 1. The van der Waals surface area contributed by atoms with Crippen molar-refractivity contribution in [2.45, 2.75) is 39.2 Å². The Labute approximate surface area is 208 Å². The molecule has 8 nitrogen and oxygen atoms in total. The van der Waals surface area contributed by atoms with Crippen LogP contribution in [0.5, 0.6) is 0 Å². The maximum atomic E-state index is 13.1. The molecule has 0 spiro atoms. The van der Waals surface area contributed by atoms with E-state index in [0.29, 0.717) is 35.5 Å². The van der Waals surface area contributed by atoms with Gasteiger partial charge in [-0.3, -0.25) is 4.79 Å². The lowest BCUT2D eigenvalue weighted by Gasteiger charge is -2.21. The molecule has 1 unspecified atom stereocenters. The molecular formula is C26H21F3N4O4. The van der Waals surface area contributed by atoms with Crippen LogP contribution in [0.2, 0.25) is 0 Å². The number of halogens is 3. The first-order valence-corrected chi connectivity index (χ1v) is 11.4. The van der Waals surface area contributed by atoms with Gasteiger partial charge in [-0.1, -0.05) is 30.3 Å². The number of fused-ring (bicyclic) bond motifs is 2. The molecular weight excluding hydrogens is 489 g/mol. The summed E-state index contributed by atoms with van der Waals surface area (Å²) in [5, 5.41) is 12.7. The summed E-state index contributed by atoms with van der Waals surface area (Å²) in [5.41, 5.74) is 2.59. The minimum Gasteiger partial charge on any atom is -0.476 e. The Kier molecular flexibility index (Phi) is 5.85. The summed E-state index contributed by atoms with van der Waals surface area (Å²) in [4.78, 5) is 33.1. The van der Waals surface area contributed by atoms with E-state index >= 15 is 0 Å². The molecule has 190 valence electrons. The molecule has 1 aliphatic heterocycles. The zero-order valence-electron chi connectivity index (χ0n) is 19.8. The van der Waals surface area contributed by atoms with Crippen LogP contribution in [-0.4, -0.2) is 21.0 Å². The quantitative estimate of drug-likeness (QED) is 0.372. The molecule has 2 N–H and O–H groups in total. The summed E-state index contributed by atoms with van der Waals surface area (Å²) in [6.07, 6.45) is -4.10. The van der Waals surface area contributed by atoms with Crippen LogP contribution in [0.1, 0.15) is 51.5 Å². The van der Waals surface area contributed by atoms with Crippen molar-refractivity contribution < 1.29 is 27.5 Å². The number of carbonyl (C=O) groups is 1. The van der Waals surface area contributed by atoms with Gasteiger partial charge < -0.3 is 19.7 Å². The largest absolute Gasteiger partial charge is 0.476 e. The van der Waals surface area contributed by atoms with Crippen LogP contribution >= 0.6 is 0 Å². The molecule has 2 aromatic carbocycles. The minimum atomic E-state index is -4.89. The van der Waals surface area contributed by atoms with Gasteiger partial charge in [-0.15, -0.1) is 0 Å². The highest BCUT2D eigenvalue weighted by atomic mass is 19.4. The number of aromatic nitrogens is 2. The second kappa shape index (κ2) is 8.91. The van der Waals surface area contributed by atoms with Crippen LogP contribution in [0.4, 0.5) is 24.7 Å². The average molecular weight is 510 g/mol. The Balaban J connectivity index is 1.55. The zero-order chi connectivity index (χ0) is 26.5. The highest BCUT2D eigenvalue weighted by molar-refractivity contribution is 5.92. The first kappa shape index (κ1) is 24.3. The molecule has 0 saturated carbocycles. The van der Waals surface area contributed by atoms with E-state index < -0.39 is 29.7 Å². The summed E-state index contributed by atoms with van der Waals surface area (Å²) in [6, 6.07) is 12.2. The predicted molar refractivity (Wildman–Crippen MR) is 130 cm³/mol. The zero-order valence-corrected chi connectivity index (χ0v) is 19.8. The van der Waals surface area contributed by atoms with Gasteiger partial charge in [-0.2, -0.15) is 13.2 Å². The molecule has 5 rings (SSSR count). The summed E-state index contributed by atoms with van der Waals surface area (Å²) < 4.78 is 45.3. The van der Waals surface area contributed by atoms with E-state index in [9.17, 15) is 27.9 Å². The Morgan fingerprint density at radius 2 is 1.84 bits per heavy atom. The monoisotopic (exact) mass is 510 g/mol. The number of anilines is 2. The Hall–Kier alpha value is -4.41. The van der Waals surface area contributed by atoms with E-state index in [0.717, 1.165) is 22.9 Å². The molecule has 0 bridgehead atoms. The Morgan fingerprint density at radius 1 is 1.16 bits per heavy atom. The average Bonchev–Trinajstić information content (AvgIpc) is 3.28. The molecule has 0 saturated heterocycles. The smallest absolute Gasteiger partial charge is 0.451 e. The molecule has 37 heavy (non-hydrogen) atoms. The number of alkyl halides is 3. The van der Waals surface area contributed by atoms with E-state index in [1.165, 1.54) is 6.07 Å². The van der Waals surface area contributed by atoms with Gasteiger partial charge in [0.25, 0.3) is 0 Å². The first-order valence-electron chi connectivity index (χ1n) is 11.4. The molecule has 3 heterocycles. The number of rotatable bonds is 5. The van der Waals surface area contributed by atoms with Crippen molar-refractivity contribution in [1.29, 1.82) is 0 Å². The Bertz CT molecular complexity index is 1570. The fourth-order valence-electron chi connectivity index (χ4n) is 4.49. The van der Waals surface area contributed by atoms with Gasteiger partial charge in [0.05, 0.1) is 23.3 Å². The van der Waals surface area contributed by atoms with Gasteiger partial charge in [0.2, 0.25) is 11.7 Å². The fourth-order valence-corrected chi connectivity index (χ4v) is 4.49. The van der Waals surface area contributed by atoms with Crippen molar-refractivity contribution in [3.05, 3.63) is 92.7 Å². The summed E-state index contributed by atoms with van der Waals surface area (Å²) in [5.74, 6) is -2.81. The lowest BCUT2D eigenvalue weighted by molar-refractivity contribution is -0.145. The highest BCUT2D eigenvalue weighted by Crippen LogP contribution is 2.34. The van der Waals surface area contributed by atoms with Crippen molar-refractivity contribution in [2.24, 2.45) is 0 Å². The lowest BCUT2D eigenvalue weighted by Crippen LogP contribution is -2.19. The summed E-state index contributed by atoms with van der Waals surface area (Å²) in [7, 11) is 0. The number of carboxylic acid groups (broad SMARTS) is 1. The van der Waals surface area contributed by atoms with Crippen molar-refractivity contribution >= 4 is 28.5 Å². The van der Waals surface area contributed by atoms with E-state index in [1.807, 2.05) is 29.2 Å². The van der Waals surface area contributed by atoms with Gasteiger partial charge in [-0.25, -0.2) is 14.8 Å². The molecule has 11 heteroatoms. The number of nitrogens with zero attached hydrogens (tertiary/aromatic N) is 3. The van der Waals surface area contributed by atoms with Gasteiger partial charge in [0, 0.05) is 24.7 Å². The number of nitrogens with one attached hydrogen (secondary N) is 1. The third-order valence-electron chi connectivity index (χ3n) is 6.22. The molecule has 0 amide bonds. The standard InChI is InChI=1S/C26H21F3N4O4/c1-13-7-17(14(2)31-19-10-30-25(26(27,28)29)32-22(19)24(35)36)23-18(8-13)20(34)9-21(37-23)33-11-15-5-3-4-6-16(15)12-33/h3-10,14,31H,11-12H2,1-2H3,(H,35,36). The van der Waals surface area contributed by atoms with Crippen LogP contribution in [0.3, 0.4) is 0 Å². The van der Waals surface area contributed by atoms with Crippen LogP contribution < -0.4 is 15.6 Å². The van der Waals surface area contributed by atoms with Crippen LogP contribution in [0.25, 0.3) is 11.0 Å². The second-order valence-corrected chi connectivity index (χ2v) is 8.93. The van der Waals surface area contributed by atoms with Crippen molar-refractivity contribution in [3.8, 4) is 0 Å². The summed E-state index contributed by atoms with van der Waals surface area (Å²) >= 11 is 0. The van der Waals surface area contributed by atoms with Crippen LogP contribution in [0, 0.1) is 6.92 Å². The van der Waals surface area contributed by atoms with Gasteiger partial charge in [0.1, 0.15) is 5.58 Å². The number of benzene rings is 2. The molecule has 2 aromatic heterocycles. The predicted octanol–water partition coefficient (Wildman–Crippen LogP) is 5.30. The second-order valence-electron chi connectivity index (χ2n) is 8.93. The van der Waals surface area contributed by atoms with Crippen molar-refractivity contribution in [3.63, 3.8) is 0 Å². The van der Waals surface area contributed by atoms with Crippen LogP contribution in [0.15, 0.2) is 57.9 Å². The number of hydrogen-bond donors (Lipinski definition) is 2. The SMILES string of the molecule is Cc1cc(C(C)Nc2cnc(C(F)(F)F)nc2C(=O)O)c2oc(N3Cc4ccccc4C3)cc(=O)c2c1. The van der Waals surface area contributed by atoms with Crippen LogP contribution in [-0.2, 0) is 19.3 Å². The van der Waals surface area contributed by atoms with E-state index in [2.05, 4.69) is 15.3 Å². The number of carboxylic acids is 1. The van der Waals surface area contributed by atoms with E-state index in [4.69, 9.17) is 4.42 Å². The van der Waals surface area contributed by atoms with Crippen molar-refractivity contribution in [1.82, 2.24) is 9.97 Å². The third-order valence-corrected chi connectivity index (χ3v) is 6.22. The van der Waals surface area contributed by atoms with Gasteiger partial charge in [0.15, 0.2) is 11.1 Å². The highest BCUT2D eigenvalue weighted by Gasteiger charge is 2.36. The number of aryl methyl sites for hydroxylation is 1. The molecule has 1 aliphatic rings. The molecule has 0 aliphatic carbocycles. The molecule has 0 fully saturated rings.